The van der Waals surface area contributed by atoms with Crippen LogP contribution in [0.25, 0.3) is 0 Å². The summed E-state index contributed by atoms with van der Waals surface area (Å²) < 4.78 is 0. The Hall–Kier alpha value is -0.480. The lowest BCUT2D eigenvalue weighted by Crippen LogP contribution is -2.47. The zero-order valence-electron chi connectivity index (χ0n) is 10.9. The van der Waals surface area contributed by atoms with Crippen molar-refractivity contribution in [2.75, 3.05) is 32.1 Å². The molecule has 1 N–H and O–H groups in total. The van der Waals surface area contributed by atoms with Crippen LogP contribution in [0.1, 0.15) is 27.2 Å². The molecule has 1 amide bonds. The quantitative estimate of drug-likeness (QED) is 0.791. The highest BCUT2D eigenvalue weighted by atomic mass is 35.5. The topological polar surface area (TPSA) is 43.8 Å². The number of rotatable bonds is 4. The minimum Gasteiger partial charge on any atom is -0.465 e. The molecule has 0 aliphatic carbocycles. The van der Waals surface area contributed by atoms with E-state index in [9.17, 15) is 9.90 Å². The van der Waals surface area contributed by atoms with E-state index in [2.05, 4.69) is 4.90 Å². The highest BCUT2D eigenvalue weighted by Crippen LogP contribution is 2.22. The second kappa shape index (κ2) is 5.91. The maximum atomic E-state index is 11.2. The molecule has 1 aliphatic heterocycles. The highest BCUT2D eigenvalue weighted by molar-refractivity contribution is 6.18. The zero-order chi connectivity index (χ0) is 13.1. The van der Waals surface area contributed by atoms with E-state index in [1.165, 1.54) is 0 Å². The van der Waals surface area contributed by atoms with Crippen LogP contribution < -0.4 is 0 Å². The third-order valence-electron chi connectivity index (χ3n) is 3.25. The van der Waals surface area contributed by atoms with Gasteiger partial charge in [-0.1, -0.05) is 0 Å². The van der Waals surface area contributed by atoms with Crippen LogP contribution in [-0.2, 0) is 0 Å². The van der Waals surface area contributed by atoms with Crippen LogP contribution >= 0.6 is 11.6 Å². The van der Waals surface area contributed by atoms with Crippen molar-refractivity contribution in [1.82, 2.24) is 9.80 Å². The van der Waals surface area contributed by atoms with Crippen molar-refractivity contribution in [2.24, 2.45) is 5.92 Å². The average molecular weight is 263 g/mol. The lowest BCUT2D eigenvalue weighted by Gasteiger charge is -2.35. The first kappa shape index (κ1) is 14.6. The van der Waals surface area contributed by atoms with Gasteiger partial charge in [0, 0.05) is 31.1 Å². The predicted molar refractivity (Wildman–Crippen MR) is 69.8 cm³/mol. The van der Waals surface area contributed by atoms with Crippen molar-refractivity contribution in [3.8, 4) is 0 Å². The standard InChI is InChI=1S/C12H23ClN2O2/c1-12(2,3)15(11(16)17)9-10-4-6-14(8-10)7-5-13/h10H,4-9H2,1-3H3,(H,16,17). The zero-order valence-corrected chi connectivity index (χ0v) is 11.7. The number of amides is 1. The summed E-state index contributed by atoms with van der Waals surface area (Å²) >= 11 is 5.71. The lowest BCUT2D eigenvalue weighted by molar-refractivity contribution is 0.0894. The van der Waals surface area contributed by atoms with Crippen molar-refractivity contribution in [2.45, 2.75) is 32.7 Å². The Balaban J connectivity index is 2.50. The molecule has 1 saturated heterocycles. The van der Waals surface area contributed by atoms with E-state index in [1.54, 1.807) is 4.90 Å². The molecule has 0 radical (unpaired) electrons. The number of halogens is 1. The predicted octanol–water partition coefficient (Wildman–Crippen LogP) is 2.33. The molecule has 0 saturated carbocycles. The Morgan fingerprint density at radius 3 is 2.65 bits per heavy atom. The lowest BCUT2D eigenvalue weighted by atomic mass is 10.0. The molecular weight excluding hydrogens is 240 g/mol. The number of nitrogens with zero attached hydrogens (tertiary/aromatic N) is 2. The summed E-state index contributed by atoms with van der Waals surface area (Å²) in [5.41, 5.74) is -0.328. The molecule has 1 aliphatic rings. The molecule has 1 atom stereocenters. The molecule has 5 heteroatoms. The molecule has 0 aromatic heterocycles. The Labute approximate surface area is 109 Å². The van der Waals surface area contributed by atoms with Crippen molar-refractivity contribution >= 4 is 17.7 Å². The summed E-state index contributed by atoms with van der Waals surface area (Å²) in [5.74, 6) is 1.09. The van der Waals surface area contributed by atoms with Gasteiger partial charge in [-0.3, -0.25) is 0 Å². The Morgan fingerprint density at radius 1 is 1.53 bits per heavy atom. The largest absolute Gasteiger partial charge is 0.465 e. The molecule has 100 valence electrons. The fraction of sp³-hybridized carbons (Fsp3) is 0.917. The number of likely N-dealkylation sites (tertiary alicyclic amines) is 1. The molecule has 17 heavy (non-hydrogen) atoms. The first-order valence-corrected chi connectivity index (χ1v) is 6.67. The molecule has 1 fully saturated rings. The summed E-state index contributed by atoms with van der Waals surface area (Å²) in [7, 11) is 0. The fourth-order valence-corrected chi connectivity index (χ4v) is 2.52. The number of carbonyl (C=O) groups is 1. The maximum Gasteiger partial charge on any atom is 0.407 e. The van der Waals surface area contributed by atoms with Crippen LogP contribution in [0.4, 0.5) is 4.79 Å². The average Bonchev–Trinajstić information content (AvgIpc) is 2.60. The smallest absolute Gasteiger partial charge is 0.407 e. The summed E-state index contributed by atoms with van der Waals surface area (Å²) in [6, 6.07) is 0. The van der Waals surface area contributed by atoms with Gasteiger partial charge in [0.2, 0.25) is 0 Å². The SMILES string of the molecule is CC(C)(C)N(CC1CCN(CCCl)C1)C(=O)O. The van der Waals surface area contributed by atoms with Gasteiger partial charge in [0.1, 0.15) is 0 Å². The van der Waals surface area contributed by atoms with Crippen LogP contribution in [0.3, 0.4) is 0 Å². The fourth-order valence-electron chi connectivity index (χ4n) is 2.28. The molecule has 0 spiro atoms. The molecule has 1 heterocycles. The molecule has 4 nitrogen and oxygen atoms in total. The van der Waals surface area contributed by atoms with Crippen LogP contribution in [-0.4, -0.2) is 58.6 Å². The second-order valence-electron chi connectivity index (χ2n) is 5.71. The number of alkyl halides is 1. The van der Waals surface area contributed by atoms with Gasteiger partial charge in [-0.2, -0.15) is 0 Å². The molecule has 0 bridgehead atoms. The van der Waals surface area contributed by atoms with E-state index in [0.29, 0.717) is 18.3 Å². The van der Waals surface area contributed by atoms with Crippen molar-refractivity contribution in [3.63, 3.8) is 0 Å². The van der Waals surface area contributed by atoms with Crippen LogP contribution in [0, 0.1) is 5.92 Å². The monoisotopic (exact) mass is 262 g/mol. The van der Waals surface area contributed by atoms with E-state index >= 15 is 0 Å². The van der Waals surface area contributed by atoms with E-state index < -0.39 is 6.09 Å². The van der Waals surface area contributed by atoms with Gasteiger partial charge in [0.05, 0.1) is 0 Å². The van der Waals surface area contributed by atoms with E-state index in [0.717, 1.165) is 26.1 Å². The third kappa shape index (κ3) is 4.36. The minimum absolute atomic E-state index is 0.328. The van der Waals surface area contributed by atoms with Gasteiger partial charge in [-0.15, -0.1) is 11.6 Å². The van der Waals surface area contributed by atoms with Crippen LogP contribution in [0.2, 0.25) is 0 Å². The molecule has 1 unspecified atom stereocenters. The molecule has 0 aromatic rings. The second-order valence-corrected chi connectivity index (χ2v) is 6.09. The van der Waals surface area contributed by atoms with Crippen molar-refractivity contribution in [3.05, 3.63) is 0 Å². The third-order valence-corrected chi connectivity index (χ3v) is 3.42. The molecule has 1 rings (SSSR count). The number of carboxylic acid groups (broad SMARTS) is 1. The van der Waals surface area contributed by atoms with E-state index in [1.807, 2.05) is 20.8 Å². The first-order valence-electron chi connectivity index (χ1n) is 6.13. The summed E-state index contributed by atoms with van der Waals surface area (Å²) in [6.45, 7) is 9.34. The van der Waals surface area contributed by atoms with Gasteiger partial charge in [0.15, 0.2) is 0 Å². The maximum absolute atomic E-state index is 11.2. The Bertz CT molecular complexity index is 266. The normalized spacial score (nSPS) is 21.8. The van der Waals surface area contributed by atoms with Crippen molar-refractivity contribution in [1.29, 1.82) is 0 Å². The van der Waals surface area contributed by atoms with Crippen molar-refractivity contribution < 1.29 is 9.90 Å². The number of hydrogen-bond acceptors (Lipinski definition) is 2. The van der Waals surface area contributed by atoms with Gasteiger partial charge in [0.25, 0.3) is 0 Å². The van der Waals surface area contributed by atoms with E-state index in [4.69, 9.17) is 11.6 Å². The minimum atomic E-state index is -0.826. The van der Waals surface area contributed by atoms with Crippen LogP contribution in [0.15, 0.2) is 0 Å². The van der Waals surface area contributed by atoms with E-state index in [-0.39, 0.29) is 5.54 Å². The van der Waals surface area contributed by atoms with Gasteiger partial charge in [-0.25, -0.2) is 4.79 Å². The summed E-state index contributed by atoms with van der Waals surface area (Å²) in [5, 5.41) is 9.23. The first-order chi connectivity index (χ1) is 7.84. The van der Waals surface area contributed by atoms with Gasteiger partial charge in [-0.05, 0) is 39.7 Å². The molecule has 0 aromatic carbocycles. The number of hydrogen-bond donors (Lipinski definition) is 1. The van der Waals surface area contributed by atoms with Gasteiger partial charge >= 0.3 is 6.09 Å². The van der Waals surface area contributed by atoms with Crippen LogP contribution in [0.5, 0.6) is 0 Å². The Morgan fingerprint density at radius 2 is 2.18 bits per heavy atom. The summed E-state index contributed by atoms with van der Waals surface area (Å²) in [4.78, 5) is 15.1. The highest BCUT2D eigenvalue weighted by Gasteiger charge is 2.31. The van der Waals surface area contributed by atoms with Gasteiger partial charge < -0.3 is 14.9 Å². The summed E-state index contributed by atoms with van der Waals surface area (Å²) in [6.07, 6.45) is 0.241. The Kier molecular flexibility index (Phi) is 5.07. The molecular formula is C12H23ClN2O2.